The Morgan fingerprint density at radius 1 is 1.12 bits per heavy atom. The van der Waals surface area contributed by atoms with Gasteiger partial charge in [-0.25, -0.2) is 7.06 Å². The summed E-state index contributed by atoms with van der Waals surface area (Å²) in [6.45, 7) is 0. The van der Waals surface area contributed by atoms with E-state index < -0.39 is 12.5 Å². The van der Waals surface area contributed by atoms with Crippen LogP contribution >= 0.6 is 45.7 Å². The van der Waals surface area contributed by atoms with Crippen LogP contribution in [0.4, 0.5) is 0 Å². The van der Waals surface area contributed by atoms with E-state index in [9.17, 15) is 0 Å². The van der Waals surface area contributed by atoms with E-state index in [4.69, 9.17) is 10.2 Å². The highest BCUT2D eigenvalue weighted by atomic mass is 127. The third-order valence-electron chi connectivity index (χ3n) is 0.533. The fraction of sp³-hybridized carbons (Fsp3) is 1.00. The molecule has 0 spiro atoms. The summed E-state index contributed by atoms with van der Waals surface area (Å²) < 4.78 is 5.21. The third-order valence-corrected chi connectivity index (χ3v) is 1.88. The van der Waals surface area contributed by atoms with Crippen molar-refractivity contribution in [2.75, 3.05) is 0 Å². The predicted octanol–water partition coefficient (Wildman–Crippen LogP) is -0.498. The van der Waals surface area contributed by atoms with Crippen molar-refractivity contribution in [2.24, 2.45) is 0 Å². The van der Waals surface area contributed by atoms with E-state index in [2.05, 4.69) is 7.06 Å². The molecule has 8 heavy (non-hydrogen) atoms. The van der Waals surface area contributed by atoms with Crippen LogP contribution in [-0.4, -0.2) is 22.7 Å². The Bertz CT molecular complexity index is 58.0. The summed E-state index contributed by atoms with van der Waals surface area (Å²) in [5, 5.41) is 16.9. The Hall–Kier alpha value is 1.30. The Labute approximate surface area is 75.0 Å². The van der Waals surface area contributed by atoms with Crippen molar-refractivity contribution >= 4 is 45.7 Å². The summed E-state index contributed by atoms with van der Waals surface area (Å²) in [4.78, 5) is 0. The maximum atomic E-state index is 8.43. The number of aliphatic hydroxyl groups is 2. The zero-order chi connectivity index (χ0) is 6.57. The molecule has 0 heterocycles. The van der Waals surface area contributed by atoms with Crippen LogP contribution in [0, 0.1) is 0 Å². The largest absolute Gasteiger partial charge is 0.366 e. The predicted molar refractivity (Wildman–Crippen MR) is 46.3 cm³/mol. The van der Waals surface area contributed by atoms with Crippen LogP contribution in [0.3, 0.4) is 0 Å². The molecule has 0 fully saturated rings. The van der Waals surface area contributed by atoms with Gasteiger partial charge < -0.3 is 10.2 Å². The minimum absolute atomic E-state index is 0.462. The number of nitrogens with one attached hydrogen (secondary N) is 2. The molecule has 0 bridgehead atoms. The van der Waals surface area contributed by atoms with Crippen molar-refractivity contribution in [3.05, 3.63) is 0 Å². The molecule has 0 aliphatic heterocycles. The van der Waals surface area contributed by atoms with Crippen molar-refractivity contribution < 1.29 is 10.2 Å². The van der Waals surface area contributed by atoms with Gasteiger partial charge in [-0.15, -0.1) is 0 Å². The molecule has 0 aliphatic carbocycles. The van der Waals surface area contributed by atoms with Crippen LogP contribution in [0.1, 0.15) is 0 Å². The van der Waals surface area contributed by atoms with Gasteiger partial charge in [0.2, 0.25) is 0 Å². The molecule has 0 amide bonds. The lowest BCUT2D eigenvalue weighted by Crippen LogP contribution is -2.42. The molecule has 0 aromatic heterocycles. The highest BCUT2D eigenvalue weighted by Gasteiger charge is 2.11. The van der Waals surface area contributed by atoms with Gasteiger partial charge in [-0.2, -0.15) is 0 Å². The van der Waals surface area contributed by atoms with E-state index >= 15 is 0 Å². The van der Waals surface area contributed by atoms with E-state index in [1.165, 1.54) is 0 Å². The highest BCUT2D eigenvalue weighted by Crippen LogP contribution is 1.89. The number of rotatable bonds is 3. The van der Waals surface area contributed by atoms with Gasteiger partial charge in [-0.05, 0) is 0 Å². The highest BCUT2D eigenvalue weighted by molar-refractivity contribution is 14.1. The molecule has 0 saturated carbocycles. The molecular weight excluding hydrogens is 338 g/mol. The Balaban J connectivity index is 3.35. The van der Waals surface area contributed by atoms with Gasteiger partial charge in [0, 0.05) is 45.7 Å². The van der Waals surface area contributed by atoms with Gasteiger partial charge in [-0.3, -0.25) is 0 Å². The van der Waals surface area contributed by atoms with Gasteiger partial charge in [0.25, 0.3) is 0 Å². The minimum atomic E-state index is -1.36. The Kier molecular flexibility index (Phi) is 5.94. The molecule has 0 unspecified atom stereocenters. The van der Waals surface area contributed by atoms with Crippen LogP contribution in [0.25, 0.3) is 0 Å². The van der Waals surface area contributed by atoms with E-state index in [1.807, 2.05) is 45.7 Å². The lowest BCUT2D eigenvalue weighted by Gasteiger charge is -2.13. The molecule has 0 aliphatic rings. The maximum absolute atomic E-state index is 8.43. The van der Waals surface area contributed by atoms with Crippen molar-refractivity contribution in [2.45, 2.75) is 12.5 Å². The second-order valence-corrected chi connectivity index (χ2v) is 2.36. The summed E-state index contributed by atoms with van der Waals surface area (Å²) in [7, 11) is 0. The number of hydrogen-bond donors (Lipinski definition) is 4. The lowest BCUT2D eigenvalue weighted by molar-refractivity contribution is -0.0610. The zero-order valence-corrected chi connectivity index (χ0v) is 8.12. The number of aliphatic hydroxyl groups excluding tert-OH is 1. The molecular formula is C2H6I2N2O2. The van der Waals surface area contributed by atoms with Gasteiger partial charge in [0.1, 0.15) is 6.17 Å². The first-order valence-corrected chi connectivity index (χ1v) is 3.96. The SMILES string of the molecule is OC(O)C(NI)NI. The monoisotopic (exact) mass is 344 g/mol. The fourth-order valence-electron chi connectivity index (χ4n) is 0.133. The van der Waals surface area contributed by atoms with E-state index in [1.54, 1.807) is 0 Å². The minimum Gasteiger partial charge on any atom is -0.366 e. The normalized spacial score (nSPS) is 11.2. The summed E-state index contributed by atoms with van der Waals surface area (Å²) in [6.07, 6.45) is -1.82. The molecule has 0 atom stereocenters. The van der Waals surface area contributed by atoms with E-state index in [0.717, 1.165) is 0 Å². The molecule has 0 rings (SSSR count). The Morgan fingerprint density at radius 2 is 1.50 bits per heavy atom. The fourth-order valence-corrected chi connectivity index (χ4v) is 1.68. The van der Waals surface area contributed by atoms with Gasteiger partial charge >= 0.3 is 0 Å². The molecule has 4 nitrogen and oxygen atoms in total. The van der Waals surface area contributed by atoms with Crippen LogP contribution in [0.2, 0.25) is 0 Å². The molecule has 0 radical (unpaired) electrons. The average Bonchev–Trinajstić information content (AvgIpc) is 1.69. The lowest BCUT2D eigenvalue weighted by atomic mass is 10.5. The van der Waals surface area contributed by atoms with Crippen molar-refractivity contribution in [1.29, 1.82) is 0 Å². The van der Waals surface area contributed by atoms with Gasteiger partial charge in [0.15, 0.2) is 6.29 Å². The van der Waals surface area contributed by atoms with Crippen molar-refractivity contribution in [3.8, 4) is 0 Å². The Morgan fingerprint density at radius 3 is 1.50 bits per heavy atom. The second-order valence-electron chi connectivity index (χ2n) is 1.11. The second kappa shape index (κ2) is 5.11. The van der Waals surface area contributed by atoms with Crippen LogP contribution < -0.4 is 7.06 Å². The topological polar surface area (TPSA) is 64.5 Å². The average molecular weight is 344 g/mol. The quantitative estimate of drug-likeness (QED) is 0.317. The van der Waals surface area contributed by atoms with Crippen molar-refractivity contribution in [1.82, 2.24) is 7.06 Å². The van der Waals surface area contributed by atoms with E-state index in [-0.39, 0.29) is 0 Å². The van der Waals surface area contributed by atoms with Crippen LogP contribution in [-0.2, 0) is 0 Å². The zero-order valence-electron chi connectivity index (χ0n) is 3.81. The van der Waals surface area contributed by atoms with Gasteiger partial charge in [0.05, 0.1) is 0 Å². The number of hydrogen-bond acceptors (Lipinski definition) is 4. The molecule has 4 N–H and O–H groups in total. The first-order chi connectivity index (χ1) is 3.72. The molecule has 0 saturated heterocycles. The summed E-state index contributed by atoms with van der Waals surface area (Å²) >= 11 is 3.65. The summed E-state index contributed by atoms with van der Waals surface area (Å²) in [5.74, 6) is 0. The van der Waals surface area contributed by atoms with E-state index in [0.29, 0.717) is 0 Å². The molecule has 0 aromatic carbocycles. The molecule has 0 aromatic rings. The third kappa shape index (κ3) is 3.35. The molecule has 50 valence electrons. The first-order valence-electron chi connectivity index (χ1n) is 1.81. The van der Waals surface area contributed by atoms with Crippen LogP contribution in [0.5, 0.6) is 0 Å². The van der Waals surface area contributed by atoms with Crippen LogP contribution in [0.15, 0.2) is 0 Å². The smallest absolute Gasteiger partial charge is 0.182 e. The summed E-state index contributed by atoms with van der Waals surface area (Å²) in [5.41, 5.74) is 0. The van der Waals surface area contributed by atoms with Crippen molar-refractivity contribution in [3.63, 3.8) is 0 Å². The van der Waals surface area contributed by atoms with Gasteiger partial charge in [-0.1, -0.05) is 0 Å². The first kappa shape index (κ1) is 9.30. The maximum Gasteiger partial charge on any atom is 0.182 e. The summed E-state index contributed by atoms with van der Waals surface area (Å²) in [6, 6.07) is 0. The molecule has 6 heteroatoms. The standard InChI is InChI=1S/C2H6I2N2O2/c3-5-1(6-4)2(7)8/h1-2,5-8H. The number of halogens is 2.